The van der Waals surface area contributed by atoms with Crippen molar-refractivity contribution in [1.82, 2.24) is 10.2 Å². The van der Waals surface area contributed by atoms with E-state index in [1.807, 2.05) is 55.1 Å². The lowest BCUT2D eigenvalue weighted by molar-refractivity contribution is -0.124. The van der Waals surface area contributed by atoms with Gasteiger partial charge in [0, 0.05) is 37.4 Å². The molecule has 41 heavy (non-hydrogen) atoms. The molecule has 0 aromatic heterocycles. The first-order chi connectivity index (χ1) is 20.0. The van der Waals surface area contributed by atoms with Crippen molar-refractivity contribution in [3.8, 4) is 11.5 Å². The molecule has 7 heteroatoms. The number of nitrogens with one attached hydrogen (secondary N) is 1. The highest BCUT2D eigenvalue weighted by molar-refractivity contribution is 6.01. The number of ether oxygens (including phenoxy) is 2. The number of amides is 2. The lowest BCUT2D eigenvalue weighted by Gasteiger charge is -2.45. The summed E-state index contributed by atoms with van der Waals surface area (Å²) in [6, 6.07) is 19.7. The summed E-state index contributed by atoms with van der Waals surface area (Å²) >= 11 is 0. The first-order valence-corrected chi connectivity index (χ1v) is 14.9. The van der Waals surface area contributed by atoms with Crippen LogP contribution in [0.15, 0.2) is 60.7 Å². The van der Waals surface area contributed by atoms with E-state index in [1.165, 1.54) is 11.3 Å². The average molecular weight is 556 g/mol. The van der Waals surface area contributed by atoms with Crippen molar-refractivity contribution in [3.05, 3.63) is 88.5 Å². The molecule has 3 aromatic rings. The van der Waals surface area contributed by atoms with E-state index in [2.05, 4.69) is 48.3 Å². The molecule has 2 aliphatic rings. The Bertz CT molecular complexity index is 1400. The van der Waals surface area contributed by atoms with Gasteiger partial charge in [-0.05, 0) is 93.1 Å². The van der Waals surface area contributed by atoms with Crippen LogP contribution in [0.1, 0.15) is 71.8 Å². The summed E-state index contributed by atoms with van der Waals surface area (Å²) in [5.41, 5.74) is 5.89. The predicted octanol–water partition coefficient (Wildman–Crippen LogP) is 5.66. The molecule has 3 aromatic carbocycles. The molecule has 2 heterocycles. The zero-order valence-corrected chi connectivity index (χ0v) is 24.6. The fraction of sp³-hybridized carbons (Fsp3) is 0.412. The van der Waals surface area contributed by atoms with Crippen LogP contribution in [0.4, 0.5) is 5.69 Å². The van der Waals surface area contributed by atoms with Crippen molar-refractivity contribution in [2.75, 3.05) is 44.3 Å². The van der Waals surface area contributed by atoms with E-state index < -0.39 is 12.0 Å². The number of carbonyl (C=O) groups excluding carboxylic acids is 2. The number of aryl methyl sites for hydroxylation is 1. The molecule has 0 radical (unpaired) electrons. The standard InChI is InChI=1S/C34H41N3O4/c1-5-36(25-13-10-12-23(4)20-25)18-11-17-35-33(38)31-26-14-8-9-15-27(26)34(39)37-19-16-24-21-29(40-6-2)30(41-7-3)22-28(24)32(31)37/h8-10,12-15,20-22,31-32H,5-7,11,16-19H2,1-4H3,(H,35,38)/t31-,32-/m0/s1. The van der Waals surface area contributed by atoms with Gasteiger partial charge in [-0.1, -0.05) is 30.3 Å². The van der Waals surface area contributed by atoms with E-state index >= 15 is 0 Å². The van der Waals surface area contributed by atoms with Gasteiger partial charge in [0.2, 0.25) is 5.91 Å². The Kier molecular flexibility index (Phi) is 8.81. The molecule has 0 fully saturated rings. The first-order valence-electron chi connectivity index (χ1n) is 14.9. The average Bonchev–Trinajstić information content (AvgIpc) is 2.98. The fourth-order valence-corrected chi connectivity index (χ4v) is 6.24. The summed E-state index contributed by atoms with van der Waals surface area (Å²) in [5, 5.41) is 3.23. The van der Waals surface area contributed by atoms with Gasteiger partial charge in [0.05, 0.1) is 25.2 Å². The monoisotopic (exact) mass is 555 g/mol. The topological polar surface area (TPSA) is 71.1 Å². The van der Waals surface area contributed by atoms with Crippen molar-refractivity contribution in [2.24, 2.45) is 0 Å². The Morgan fingerprint density at radius 1 is 0.976 bits per heavy atom. The van der Waals surface area contributed by atoms with Gasteiger partial charge in [0.25, 0.3) is 5.91 Å². The molecule has 0 unspecified atom stereocenters. The molecular formula is C34H41N3O4. The van der Waals surface area contributed by atoms with Gasteiger partial charge in [-0.2, -0.15) is 0 Å². The maximum atomic E-state index is 14.0. The zero-order chi connectivity index (χ0) is 28.9. The van der Waals surface area contributed by atoms with Crippen LogP contribution in [-0.2, 0) is 11.2 Å². The van der Waals surface area contributed by atoms with Crippen LogP contribution in [0.25, 0.3) is 0 Å². The zero-order valence-electron chi connectivity index (χ0n) is 24.6. The normalized spacial score (nSPS) is 17.3. The molecule has 2 aliphatic heterocycles. The van der Waals surface area contributed by atoms with Gasteiger partial charge in [-0.15, -0.1) is 0 Å². The van der Waals surface area contributed by atoms with Gasteiger partial charge in [-0.25, -0.2) is 0 Å². The Balaban J connectivity index is 1.41. The number of benzene rings is 3. The summed E-state index contributed by atoms with van der Waals surface area (Å²) < 4.78 is 11.8. The smallest absolute Gasteiger partial charge is 0.254 e. The molecule has 2 atom stereocenters. The maximum absolute atomic E-state index is 14.0. The van der Waals surface area contributed by atoms with Crippen LogP contribution in [0.5, 0.6) is 11.5 Å². The highest BCUT2D eigenvalue weighted by atomic mass is 16.5. The van der Waals surface area contributed by atoms with Crippen LogP contribution < -0.4 is 19.7 Å². The summed E-state index contributed by atoms with van der Waals surface area (Å²) in [6.07, 6.45) is 1.52. The second kappa shape index (κ2) is 12.7. The van der Waals surface area contributed by atoms with Gasteiger partial charge < -0.3 is 24.6 Å². The number of hydrogen-bond donors (Lipinski definition) is 1. The highest BCUT2D eigenvalue weighted by Gasteiger charge is 2.46. The quantitative estimate of drug-likeness (QED) is 0.309. The Labute approximate surface area is 243 Å². The number of anilines is 1. The SMILES string of the molecule is CCOc1cc2c(cc1OCC)[C@H]1[C@@H](C(=O)NCCCN(CC)c3cccc(C)c3)c3ccccc3C(=O)N1CC2. The lowest BCUT2D eigenvalue weighted by Crippen LogP contribution is -2.50. The van der Waals surface area contributed by atoms with E-state index in [-0.39, 0.29) is 11.8 Å². The molecule has 5 rings (SSSR count). The molecule has 2 amide bonds. The van der Waals surface area contributed by atoms with E-state index in [1.54, 1.807) is 0 Å². The Hall–Kier alpha value is -4.00. The number of carbonyl (C=O) groups is 2. The molecule has 1 N–H and O–H groups in total. The van der Waals surface area contributed by atoms with Crippen LogP contribution >= 0.6 is 0 Å². The molecule has 0 saturated heterocycles. The van der Waals surface area contributed by atoms with Crippen LogP contribution in [0, 0.1) is 6.92 Å². The van der Waals surface area contributed by atoms with Crippen molar-refractivity contribution in [2.45, 2.75) is 52.5 Å². The Morgan fingerprint density at radius 3 is 2.46 bits per heavy atom. The second-order valence-corrected chi connectivity index (χ2v) is 10.7. The molecule has 0 bridgehead atoms. The highest BCUT2D eigenvalue weighted by Crippen LogP contribution is 2.48. The van der Waals surface area contributed by atoms with Gasteiger partial charge >= 0.3 is 0 Å². The molecule has 0 saturated carbocycles. The van der Waals surface area contributed by atoms with Crippen molar-refractivity contribution in [1.29, 1.82) is 0 Å². The minimum Gasteiger partial charge on any atom is -0.490 e. The molecule has 7 nitrogen and oxygen atoms in total. The second-order valence-electron chi connectivity index (χ2n) is 10.7. The lowest BCUT2D eigenvalue weighted by atomic mass is 9.75. The van der Waals surface area contributed by atoms with Crippen LogP contribution in [0.3, 0.4) is 0 Å². The van der Waals surface area contributed by atoms with Crippen molar-refractivity contribution < 1.29 is 19.1 Å². The third-order valence-corrected chi connectivity index (χ3v) is 8.12. The van der Waals surface area contributed by atoms with E-state index in [0.717, 1.165) is 36.2 Å². The predicted molar refractivity (Wildman–Crippen MR) is 162 cm³/mol. The Morgan fingerprint density at radius 2 is 1.73 bits per heavy atom. The summed E-state index contributed by atoms with van der Waals surface area (Å²) in [6.45, 7) is 12.0. The van der Waals surface area contributed by atoms with Gasteiger partial charge in [0.1, 0.15) is 0 Å². The number of nitrogens with zero attached hydrogens (tertiary/aromatic N) is 2. The van der Waals surface area contributed by atoms with Gasteiger partial charge in [0.15, 0.2) is 11.5 Å². The van der Waals surface area contributed by atoms with Crippen LogP contribution in [-0.4, -0.2) is 56.1 Å². The fourth-order valence-electron chi connectivity index (χ4n) is 6.24. The number of rotatable bonds is 11. The molecular weight excluding hydrogens is 514 g/mol. The summed E-state index contributed by atoms with van der Waals surface area (Å²) in [7, 11) is 0. The van der Waals surface area contributed by atoms with Crippen LogP contribution in [0.2, 0.25) is 0 Å². The van der Waals surface area contributed by atoms with E-state index in [4.69, 9.17) is 9.47 Å². The molecule has 216 valence electrons. The van der Waals surface area contributed by atoms with Crippen molar-refractivity contribution in [3.63, 3.8) is 0 Å². The third-order valence-electron chi connectivity index (χ3n) is 8.12. The summed E-state index contributed by atoms with van der Waals surface area (Å²) in [4.78, 5) is 31.9. The number of fused-ring (bicyclic) bond motifs is 4. The first kappa shape index (κ1) is 28.5. The maximum Gasteiger partial charge on any atom is 0.254 e. The number of hydrogen-bond acceptors (Lipinski definition) is 5. The third kappa shape index (κ3) is 5.76. The summed E-state index contributed by atoms with van der Waals surface area (Å²) in [5.74, 6) is 0.756. The largest absolute Gasteiger partial charge is 0.490 e. The minimum absolute atomic E-state index is 0.0242. The molecule has 0 aliphatic carbocycles. The van der Waals surface area contributed by atoms with Crippen molar-refractivity contribution >= 4 is 17.5 Å². The minimum atomic E-state index is -0.519. The van der Waals surface area contributed by atoms with Gasteiger partial charge in [-0.3, -0.25) is 9.59 Å². The van der Waals surface area contributed by atoms with E-state index in [9.17, 15) is 9.59 Å². The van der Waals surface area contributed by atoms with E-state index in [0.29, 0.717) is 49.8 Å². The molecule has 0 spiro atoms.